The topological polar surface area (TPSA) is 61.9 Å². The normalized spacial score (nSPS) is 11.6. The Labute approximate surface area is 216 Å². The molecule has 0 spiro atoms. The predicted molar refractivity (Wildman–Crippen MR) is 143 cm³/mol. The van der Waals surface area contributed by atoms with Crippen LogP contribution < -0.4 is 10.1 Å². The highest BCUT2D eigenvalue weighted by molar-refractivity contribution is 7.10. The van der Waals surface area contributed by atoms with E-state index in [-0.39, 0.29) is 30.3 Å². The fourth-order valence-electron chi connectivity index (χ4n) is 3.67. The number of benzene rings is 2. The van der Waals surface area contributed by atoms with Crippen molar-refractivity contribution >= 4 is 29.0 Å². The van der Waals surface area contributed by atoms with Crippen LogP contribution in [0.4, 0.5) is 14.9 Å². The van der Waals surface area contributed by atoms with E-state index < -0.39 is 0 Å². The molecule has 0 aliphatic rings. The summed E-state index contributed by atoms with van der Waals surface area (Å²) in [5.41, 5.74) is 2.57. The van der Waals surface area contributed by atoms with Gasteiger partial charge in [0.2, 0.25) is 5.91 Å². The van der Waals surface area contributed by atoms with Crippen molar-refractivity contribution in [2.45, 2.75) is 53.2 Å². The monoisotopic (exact) mass is 511 g/mol. The zero-order chi connectivity index (χ0) is 26.1. The van der Waals surface area contributed by atoms with Crippen LogP contribution in [0.2, 0.25) is 0 Å². The lowest BCUT2D eigenvalue weighted by Crippen LogP contribution is -2.47. The quantitative estimate of drug-likeness (QED) is 0.322. The summed E-state index contributed by atoms with van der Waals surface area (Å²) in [6.07, 6.45) is 0.700. The summed E-state index contributed by atoms with van der Waals surface area (Å²) in [5, 5.41) is 4.90. The van der Waals surface area contributed by atoms with E-state index in [1.165, 1.54) is 12.1 Å². The van der Waals surface area contributed by atoms with Gasteiger partial charge in [0.1, 0.15) is 18.1 Å². The maximum absolute atomic E-state index is 13.6. The van der Waals surface area contributed by atoms with Crippen molar-refractivity contribution in [3.63, 3.8) is 0 Å². The highest BCUT2D eigenvalue weighted by Gasteiger charge is 2.26. The van der Waals surface area contributed by atoms with Gasteiger partial charge in [-0.3, -0.25) is 4.79 Å². The molecule has 0 aliphatic heterocycles. The average molecular weight is 512 g/mol. The van der Waals surface area contributed by atoms with Crippen molar-refractivity contribution < 1.29 is 18.7 Å². The van der Waals surface area contributed by atoms with Crippen molar-refractivity contribution in [2.75, 3.05) is 18.5 Å². The number of nitrogens with one attached hydrogen (secondary N) is 1. The lowest BCUT2D eigenvalue weighted by molar-refractivity contribution is -0.133. The first-order valence-electron chi connectivity index (χ1n) is 12.2. The number of carbonyl (C=O) groups is 2. The summed E-state index contributed by atoms with van der Waals surface area (Å²) in [5.74, 6) is 0.235. The summed E-state index contributed by atoms with van der Waals surface area (Å²) in [6.45, 7) is 9.09. The second-order valence-electron chi connectivity index (χ2n) is 8.68. The van der Waals surface area contributed by atoms with Crippen LogP contribution in [-0.4, -0.2) is 40.9 Å². The molecule has 0 saturated heterocycles. The SMILES string of the molecule is CCOc1ccc(NC(=O)N(CC(=O)N(Cc2ccc(F)cc2)Cc2sccc2C)C(C)CC)cc1. The number of nitrogens with zero attached hydrogens (tertiary/aromatic N) is 2. The number of rotatable bonds is 11. The van der Waals surface area contributed by atoms with E-state index in [0.29, 0.717) is 31.8 Å². The van der Waals surface area contributed by atoms with E-state index >= 15 is 0 Å². The van der Waals surface area contributed by atoms with Gasteiger partial charge in [0.15, 0.2) is 0 Å². The third-order valence-electron chi connectivity index (χ3n) is 6.05. The molecule has 1 atom stereocenters. The molecule has 1 heterocycles. The molecule has 3 rings (SSSR count). The molecule has 8 heteroatoms. The van der Waals surface area contributed by atoms with Crippen molar-refractivity contribution in [3.8, 4) is 5.75 Å². The summed E-state index contributed by atoms with van der Waals surface area (Å²) < 4.78 is 18.9. The maximum atomic E-state index is 13.6. The van der Waals surface area contributed by atoms with Crippen molar-refractivity contribution in [1.29, 1.82) is 0 Å². The van der Waals surface area contributed by atoms with Gasteiger partial charge in [0, 0.05) is 23.2 Å². The molecule has 0 aliphatic carbocycles. The van der Waals surface area contributed by atoms with Crippen LogP contribution in [0.1, 0.15) is 43.2 Å². The van der Waals surface area contributed by atoms with Gasteiger partial charge in [-0.15, -0.1) is 11.3 Å². The van der Waals surface area contributed by atoms with Crippen LogP contribution in [0.3, 0.4) is 0 Å². The smallest absolute Gasteiger partial charge is 0.322 e. The van der Waals surface area contributed by atoms with Gasteiger partial charge in [-0.2, -0.15) is 0 Å². The second kappa shape index (κ2) is 13.1. The number of amides is 3. The number of aryl methyl sites for hydroxylation is 1. The molecular weight excluding hydrogens is 477 g/mol. The largest absolute Gasteiger partial charge is 0.494 e. The minimum absolute atomic E-state index is 0.0660. The number of carbonyl (C=O) groups excluding carboxylic acids is 2. The fourth-order valence-corrected chi connectivity index (χ4v) is 4.59. The Bertz CT molecular complexity index is 1130. The molecule has 3 aromatic rings. The molecule has 36 heavy (non-hydrogen) atoms. The number of thiophene rings is 1. The zero-order valence-corrected chi connectivity index (χ0v) is 22.1. The Morgan fingerprint density at radius 2 is 1.72 bits per heavy atom. The number of anilines is 1. The van der Waals surface area contributed by atoms with E-state index in [4.69, 9.17) is 4.74 Å². The second-order valence-corrected chi connectivity index (χ2v) is 9.68. The van der Waals surface area contributed by atoms with Gasteiger partial charge in [0.25, 0.3) is 0 Å². The van der Waals surface area contributed by atoms with Crippen molar-refractivity contribution in [3.05, 3.63) is 81.8 Å². The van der Waals surface area contributed by atoms with Crippen molar-refractivity contribution in [2.24, 2.45) is 0 Å². The highest BCUT2D eigenvalue weighted by Crippen LogP contribution is 2.21. The van der Waals surface area contributed by atoms with Gasteiger partial charge in [-0.05, 0) is 86.2 Å². The maximum Gasteiger partial charge on any atom is 0.322 e. The lowest BCUT2D eigenvalue weighted by Gasteiger charge is -2.31. The van der Waals surface area contributed by atoms with Crippen molar-refractivity contribution in [1.82, 2.24) is 9.80 Å². The molecule has 3 amide bonds. The third-order valence-corrected chi connectivity index (χ3v) is 7.06. The molecule has 0 radical (unpaired) electrons. The zero-order valence-electron chi connectivity index (χ0n) is 21.3. The first-order chi connectivity index (χ1) is 17.3. The van der Waals surface area contributed by atoms with Crippen LogP contribution in [0, 0.1) is 12.7 Å². The molecule has 6 nitrogen and oxygen atoms in total. The van der Waals surface area contributed by atoms with Crippen LogP contribution >= 0.6 is 11.3 Å². The minimum Gasteiger partial charge on any atom is -0.494 e. The molecular formula is C28H34FN3O3S. The van der Waals surface area contributed by atoms with Gasteiger partial charge >= 0.3 is 6.03 Å². The Hall–Kier alpha value is -3.39. The third kappa shape index (κ3) is 7.55. The minimum atomic E-state index is -0.337. The lowest BCUT2D eigenvalue weighted by atomic mass is 10.2. The van der Waals surface area contributed by atoms with E-state index in [1.54, 1.807) is 57.5 Å². The summed E-state index contributed by atoms with van der Waals surface area (Å²) in [4.78, 5) is 31.2. The van der Waals surface area contributed by atoms with E-state index in [0.717, 1.165) is 21.8 Å². The molecule has 1 aromatic heterocycles. The predicted octanol–water partition coefficient (Wildman–Crippen LogP) is 6.46. The Morgan fingerprint density at radius 3 is 2.31 bits per heavy atom. The number of halogens is 1. The van der Waals surface area contributed by atoms with Gasteiger partial charge in [0.05, 0.1) is 13.2 Å². The molecule has 0 saturated carbocycles. The van der Waals surface area contributed by atoms with Gasteiger partial charge < -0.3 is 19.9 Å². The van der Waals surface area contributed by atoms with Gasteiger partial charge in [-0.25, -0.2) is 9.18 Å². The molecule has 2 aromatic carbocycles. The van der Waals surface area contributed by atoms with Crippen LogP contribution in [0.25, 0.3) is 0 Å². The standard InChI is InChI=1S/C28H34FN3O3S/c1-5-21(4)32(28(34)30-24-11-13-25(14-12-24)35-6-2)19-27(33)31(18-26-20(3)15-16-36-26)17-22-7-9-23(29)10-8-22/h7-16,21H,5-6,17-19H2,1-4H3,(H,30,34). The summed E-state index contributed by atoms with van der Waals surface area (Å²) in [7, 11) is 0. The number of urea groups is 1. The number of hydrogen-bond donors (Lipinski definition) is 1. The Morgan fingerprint density at radius 1 is 1.03 bits per heavy atom. The molecule has 1 N–H and O–H groups in total. The van der Waals surface area contributed by atoms with Crippen LogP contribution in [0.5, 0.6) is 5.75 Å². The highest BCUT2D eigenvalue weighted by atomic mass is 32.1. The molecule has 1 unspecified atom stereocenters. The number of ether oxygens (including phenoxy) is 1. The Kier molecular flexibility index (Phi) is 9.87. The number of hydrogen-bond acceptors (Lipinski definition) is 4. The molecule has 192 valence electrons. The molecule has 0 fully saturated rings. The van der Waals surface area contributed by atoms with E-state index in [1.807, 2.05) is 39.1 Å². The average Bonchev–Trinajstić information content (AvgIpc) is 3.28. The summed E-state index contributed by atoms with van der Waals surface area (Å²) >= 11 is 1.59. The molecule has 0 bridgehead atoms. The Balaban J connectivity index is 1.77. The fraction of sp³-hybridized carbons (Fsp3) is 0.357. The first-order valence-corrected chi connectivity index (χ1v) is 13.0. The van der Waals surface area contributed by atoms with Crippen LogP contribution in [0.15, 0.2) is 60.0 Å². The van der Waals surface area contributed by atoms with E-state index in [9.17, 15) is 14.0 Å². The van der Waals surface area contributed by atoms with Gasteiger partial charge in [-0.1, -0.05) is 19.1 Å². The van der Waals surface area contributed by atoms with Crippen LogP contribution in [-0.2, 0) is 17.9 Å². The van der Waals surface area contributed by atoms with E-state index in [2.05, 4.69) is 5.32 Å². The summed E-state index contributed by atoms with van der Waals surface area (Å²) in [6, 6.07) is 14.8. The first kappa shape index (κ1) is 27.2.